The summed E-state index contributed by atoms with van der Waals surface area (Å²) < 4.78 is 28.3. The maximum Gasteiger partial charge on any atom is 0.282 e. The zero-order valence-corrected chi connectivity index (χ0v) is 15.7. The minimum absolute atomic E-state index is 0.204. The Morgan fingerprint density at radius 1 is 0.731 bits per heavy atom. The Hall–Kier alpha value is -2.72. The summed E-state index contributed by atoms with van der Waals surface area (Å²) >= 11 is 0. The molecule has 3 aromatic carbocycles. The second-order valence-corrected chi connectivity index (χ2v) is 8.06. The molecule has 0 aliphatic heterocycles. The van der Waals surface area contributed by atoms with Crippen LogP contribution in [-0.2, 0) is 16.4 Å². The van der Waals surface area contributed by atoms with E-state index in [0.717, 1.165) is 17.5 Å². The molecular weight excluding hydrogens is 342 g/mol. The molecule has 0 heterocycles. The van der Waals surface area contributed by atoms with Gasteiger partial charge in [0, 0.05) is 6.21 Å². The first-order valence-electron chi connectivity index (χ1n) is 8.44. The Morgan fingerprint density at radius 2 is 1.19 bits per heavy atom. The van der Waals surface area contributed by atoms with Crippen molar-refractivity contribution in [2.24, 2.45) is 4.40 Å². The number of aryl methyl sites for hydroxylation is 2. The van der Waals surface area contributed by atoms with Gasteiger partial charge in [0.15, 0.2) is 0 Å². The lowest BCUT2D eigenvalue weighted by Crippen LogP contribution is -1.98. The normalized spacial score (nSPS) is 11.8. The highest BCUT2D eigenvalue weighted by molar-refractivity contribution is 7.90. The van der Waals surface area contributed by atoms with E-state index in [2.05, 4.69) is 35.6 Å². The van der Waals surface area contributed by atoms with Crippen molar-refractivity contribution in [2.45, 2.75) is 25.2 Å². The number of benzene rings is 3. The molecule has 26 heavy (non-hydrogen) atoms. The highest BCUT2D eigenvalue weighted by atomic mass is 32.2. The Bertz CT molecular complexity index is 1000. The van der Waals surface area contributed by atoms with Gasteiger partial charge in [0.25, 0.3) is 10.0 Å². The van der Waals surface area contributed by atoms with Crippen LogP contribution in [0.2, 0.25) is 0 Å². The number of rotatable bonds is 5. The first kappa shape index (κ1) is 18.1. The van der Waals surface area contributed by atoms with Gasteiger partial charge < -0.3 is 0 Å². The van der Waals surface area contributed by atoms with E-state index in [-0.39, 0.29) is 4.90 Å². The van der Waals surface area contributed by atoms with Crippen molar-refractivity contribution in [1.29, 1.82) is 0 Å². The molecule has 132 valence electrons. The van der Waals surface area contributed by atoms with Crippen molar-refractivity contribution in [3.05, 3.63) is 101 Å². The first-order chi connectivity index (χ1) is 12.4. The van der Waals surface area contributed by atoms with Crippen LogP contribution in [-0.4, -0.2) is 14.6 Å². The van der Waals surface area contributed by atoms with Crippen LogP contribution in [0.4, 0.5) is 0 Å². The molecular formula is C22H21NO2S. The topological polar surface area (TPSA) is 46.5 Å². The monoisotopic (exact) mass is 363 g/mol. The number of nitrogens with zero attached hydrogens (tertiary/aromatic N) is 1. The first-order valence-corrected chi connectivity index (χ1v) is 9.88. The average molecular weight is 363 g/mol. The zero-order valence-electron chi connectivity index (χ0n) is 14.9. The third kappa shape index (κ3) is 4.67. The van der Waals surface area contributed by atoms with Crippen LogP contribution in [0, 0.1) is 13.8 Å². The van der Waals surface area contributed by atoms with Gasteiger partial charge >= 0.3 is 0 Å². The van der Waals surface area contributed by atoms with Gasteiger partial charge in [0.2, 0.25) is 0 Å². The zero-order chi connectivity index (χ0) is 18.6. The molecule has 3 rings (SSSR count). The molecule has 0 saturated carbocycles. The second kappa shape index (κ2) is 7.67. The summed E-state index contributed by atoms with van der Waals surface area (Å²) in [7, 11) is -3.67. The SMILES string of the molecule is Cc1ccc(Cc2ccc(/C=N/S(=O)(=O)c3ccc(C)cc3)cc2)cc1. The number of hydrogen-bond acceptors (Lipinski definition) is 2. The lowest BCUT2D eigenvalue weighted by molar-refractivity contribution is 0.598. The van der Waals surface area contributed by atoms with E-state index in [1.807, 2.05) is 31.2 Å². The van der Waals surface area contributed by atoms with Crippen LogP contribution in [0.3, 0.4) is 0 Å². The summed E-state index contributed by atoms with van der Waals surface area (Å²) in [6.45, 7) is 3.99. The lowest BCUT2D eigenvalue weighted by Gasteiger charge is -2.03. The van der Waals surface area contributed by atoms with E-state index in [4.69, 9.17) is 0 Å². The van der Waals surface area contributed by atoms with Gasteiger partial charge in [0.1, 0.15) is 0 Å². The summed E-state index contributed by atoms with van der Waals surface area (Å²) in [6, 6.07) is 22.9. The van der Waals surface area contributed by atoms with E-state index >= 15 is 0 Å². The molecule has 0 aromatic heterocycles. The van der Waals surface area contributed by atoms with Crippen LogP contribution in [0.1, 0.15) is 27.8 Å². The van der Waals surface area contributed by atoms with E-state index in [9.17, 15) is 8.42 Å². The molecule has 3 nitrogen and oxygen atoms in total. The lowest BCUT2D eigenvalue weighted by atomic mass is 10.0. The molecule has 0 saturated heterocycles. The third-order valence-electron chi connectivity index (χ3n) is 4.17. The van der Waals surface area contributed by atoms with Gasteiger partial charge in [-0.2, -0.15) is 12.8 Å². The van der Waals surface area contributed by atoms with Crippen LogP contribution in [0.15, 0.2) is 82.1 Å². The van der Waals surface area contributed by atoms with Crippen LogP contribution >= 0.6 is 0 Å². The summed E-state index contributed by atoms with van der Waals surface area (Å²) in [5.74, 6) is 0. The van der Waals surface area contributed by atoms with Crippen LogP contribution < -0.4 is 0 Å². The summed E-state index contributed by atoms with van der Waals surface area (Å²) in [5.41, 5.74) is 5.44. The van der Waals surface area contributed by atoms with Gasteiger partial charge in [-0.25, -0.2) is 0 Å². The predicted molar refractivity (Wildman–Crippen MR) is 106 cm³/mol. The van der Waals surface area contributed by atoms with E-state index in [1.165, 1.54) is 22.9 Å². The highest BCUT2D eigenvalue weighted by Crippen LogP contribution is 2.14. The maximum absolute atomic E-state index is 12.3. The summed E-state index contributed by atoms with van der Waals surface area (Å²) in [4.78, 5) is 0.204. The molecule has 0 unspecified atom stereocenters. The molecule has 0 aliphatic carbocycles. The quantitative estimate of drug-likeness (QED) is 0.617. The smallest absolute Gasteiger partial charge is 0.199 e. The standard InChI is InChI=1S/C22H21NO2S/c1-17-3-7-19(8-4-17)15-20-9-11-21(12-10-20)16-23-26(24,25)22-13-5-18(2)6-14-22/h3-14,16H,15H2,1-2H3/b23-16+. The van der Waals surface area contributed by atoms with Crippen molar-refractivity contribution < 1.29 is 8.42 Å². The van der Waals surface area contributed by atoms with Gasteiger partial charge in [-0.1, -0.05) is 71.8 Å². The van der Waals surface area contributed by atoms with E-state index in [0.29, 0.717) is 0 Å². The second-order valence-electron chi connectivity index (χ2n) is 6.43. The number of hydrogen-bond donors (Lipinski definition) is 0. The Balaban J connectivity index is 1.71. The Labute approximate surface area is 155 Å². The molecule has 0 spiro atoms. The van der Waals surface area contributed by atoms with Crippen molar-refractivity contribution in [3.63, 3.8) is 0 Å². The van der Waals surface area contributed by atoms with Crippen LogP contribution in [0.25, 0.3) is 0 Å². The number of sulfonamides is 1. The molecule has 0 atom stereocenters. The molecule has 0 bridgehead atoms. The summed E-state index contributed by atoms with van der Waals surface area (Å²) in [6.07, 6.45) is 2.24. The fourth-order valence-corrected chi connectivity index (χ4v) is 3.43. The Morgan fingerprint density at radius 3 is 1.73 bits per heavy atom. The van der Waals surface area contributed by atoms with Crippen molar-refractivity contribution >= 4 is 16.2 Å². The van der Waals surface area contributed by atoms with Crippen molar-refractivity contribution in [2.75, 3.05) is 0 Å². The minimum Gasteiger partial charge on any atom is -0.199 e. The Kier molecular flexibility index (Phi) is 5.33. The van der Waals surface area contributed by atoms with Crippen molar-refractivity contribution in [1.82, 2.24) is 0 Å². The maximum atomic E-state index is 12.3. The molecule has 3 aromatic rings. The molecule has 0 N–H and O–H groups in total. The summed E-state index contributed by atoms with van der Waals surface area (Å²) in [5, 5.41) is 0. The fourth-order valence-electron chi connectivity index (χ4n) is 2.56. The molecule has 4 heteroatoms. The van der Waals surface area contributed by atoms with Gasteiger partial charge in [-0.3, -0.25) is 0 Å². The minimum atomic E-state index is -3.67. The highest BCUT2D eigenvalue weighted by Gasteiger charge is 2.10. The van der Waals surface area contributed by atoms with Gasteiger partial charge in [0.05, 0.1) is 4.90 Å². The van der Waals surface area contributed by atoms with E-state index < -0.39 is 10.0 Å². The van der Waals surface area contributed by atoms with Crippen molar-refractivity contribution in [3.8, 4) is 0 Å². The predicted octanol–water partition coefficient (Wildman–Crippen LogP) is 4.70. The van der Waals surface area contributed by atoms with Gasteiger partial charge in [-0.15, -0.1) is 0 Å². The molecule has 0 radical (unpaired) electrons. The molecule has 0 fully saturated rings. The largest absolute Gasteiger partial charge is 0.282 e. The molecule has 0 aliphatic rings. The fraction of sp³-hybridized carbons (Fsp3) is 0.136. The average Bonchev–Trinajstić information content (AvgIpc) is 2.63. The third-order valence-corrected chi connectivity index (χ3v) is 5.42. The van der Waals surface area contributed by atoms with E-state index in [1.54, 1.807) is 24.3 Å². The van der Waals surface area contributed by atoms with Gasteiger partial charge in [-0.05, 0) is 49.1 Å². The van der Waals surface area contributed by atoms with Crippen LogP contribution in [0.5, 0.6) is 0 Å². The molecule has 0 amide bonds.